The Balaban J connectivity index is 1.81. The van der Waals surface area contributed by atoms with Gasteiger partial charge in [0.25, 0.3) is 0 Å². The van der Waals surface area contributed by atoms with Crippen LogP contribution in [0.25, 0.3) is 0 Å². The number of hydrogen-bond acceptors (Lipinski definition) is 4. The van der Waals surface area contributed by atoms with Crippen molar-refractivity contribution in [1.82, 2.24) is 9.55 Å². The summed E-state index contributed by atoms with van der Waals surface area (Å²) >= 11 is 0. The fourth-order valence-electron chi connectivity index (χ4n) is 3.63. The van der Waals surface area contributed by atoms with E-state index in [9.17, 15) is 9.18 Å². The van der Waals surface area contributed by atoms with Crippen LogP contribution in [0.15, 0.2) is 53.3 Å². The first-order valence-electron chi connectivity index (χ1n) is 8.86. The molecule has 1 unspecified atom stereocenters. The molecule has 0 fully saturated rings. The van der Waals surface area contributed by atoms with Crippen LogP contribution in [0.3, 0.4) is 0 Å². The first-order valence-corrected chi connectivity index (χ1v) is 8.86. The number of hydrogen-bond donors (Lipinski definition) is 1. The van der Waals surface area contributed by atoms with Gasteiger partial charge in [-0.25, -0.2) is 0 Å². The van der Waals surface area contributed by atoms with E-state index in [1.807, 2.05) is 60.0 Å². The molecule has 1 aliphatic heterocycles. The van der Waals surface area contributed by atoms with Crippen LogP contribution in [0.1, 0.15) is 29.3 Å². The quantitative estimate of drug-likeness (QED) is 0.760. The smallest absolute Gasteiger partial charge is 0.310 e. The highest BCUT2D eigenvalue weighted by molar-refractivity contribution is 5.60. The lowest BCUT2D eigenvalue weighted by atomic mass is 10.1. The Morgan fingerprint density at radius 2 is 2.00 bits per heavy atom. The Labute approximate surface area is 156 Å². The van der Waals surface area contributed by atoms with Crippen molar-refractivity contribution in [2.45, 2.75) is 25.8 Å². The van der Waals surface area contributed by atoms with Crippen molar-refractivity contribution < 1.29 is 9.13 Å². The molecule has 0 radical (unpaired) electrons. The molecule has 27 heavy (non-hydrogen) atoms. The van der Waals surface area contributed by atoms with Gasteiger partial charge in [-0.3, -0.25) is 4.79 Å². The molecule has 1 N–H and O–H groups in total. The van der Waals surface area contributed by atoms with Crippen LogP contribution in [0.2, 0.25) is 0 Å². The van der Waals surface area contributed by atoms with Gasteiger partial charge in [0.15, 0.2) is 0 Å². The van der Waals surface area contributed by atoms with Crippen LogP contribution >= 0.6 is 0 Å². The topological polar surface area (TPSA) is 56.1 Å². The molecule has 0 saturated carbocycles. The second-order valence-corrected chi connectivity index (χ2v) is 6.64. The van der Waals surface area contributed by atoms with Gasteiger partial charge in [-0.2, -0.15) is 9.37 Å². The van der Waals surface area contributed by atoms with E-state index in [4.69, 9.17) is 4.74 Å². The van der Waals surface area contributed by atoms with Crippen LogP contribution in [-0.2, 0) is 6.42 Å². The minimum Gasteiger partial charge on any atom is -0.497 e. The summed E-state index contributed by atoms with van der Waals surface area (Å²) in [5, 5.41) is 3.22. The predicted molar refractivity (Wildman–Crippen MR) is 102 cm³/mol. The number of aryl methyl sites for hydroxylation is 1. The van der Waals surface area contributed by atoms with Crippen molar-refractivity contribution in [3.8, 4) is 5.75 Å². The van der Waals surface area contributed by atoms with E-state index in [-0.39, 0.29) is 6.04 Å². The first kappa shape index (κ1) is 17.3. The van der Waals surface area contributed by atoms with Gasteiger partial charge in [0, 0.05) is 5.69 Å². The van der Waals surface area contributed by atoms with Crippen LogP contribution < -0.4 is 15.6 Å². The lowest BCUT2D eigenvalue weighted by Gasteiger charge is -2.21. The second kappa shape index (κ2) is 6.87. The standard InChI is InChI=1S/C21H20FN3O2/c1-13-12-15(27-2)8-9-16(13)23-21-24-20(26)19(22)18-11-10-17(25(18)21)14-6-4-3-5-7-14/h3-9,12,17H,10-11H2,1-2H3,(H,23,24,26). The molecule has 5 nitrogen and oxygen atoms in total. The number of rotatable bonds is 4. The molecular formula is C21H20FN3O2. The number of methoxy groups -OCH3 is 1. The summed E-state index contributed by atoms with van der Waals surface area (Å²) in [6.45, 7) is 1.94. The summed E-state index contributed by atoms with van der Waals surface area (Å²) < 4.78 is 21.5. The van der Waals surface area contributed by atoms with Crippen molar-refractivity contribution in [3.05, 3.63) is 81.5 Å². The third kappa shape index (κ3) is 3.07. The van der Waals surface area contributed by atoms with Crippen molar-refractivity contribution >= 4 is 11.6 Å². The summed E-state index contributed by atoms with van der Waals surface area (Å²) in [7, 11) is 1.61. The van der Waals surface area contributed by atoms with Crippen molar-refractivity contribution in [2.75, 3.05) is 12.4 Å². The maximum absolute atomic E-state index is 14.4. The average molecular weight is 365 g/mol. The van der Waals surface area contributed by atoms with Crippen molar-refractivity contribution in [1.29, 1.82) is 0 Å². The molecule has 3 aromatic rings. The molecule has 2 aromatic carbocycles. The summed E-state index contributed by atoms with van der Waals surface area (Å²) in [5.74, 6) is 0.344. The number of benzene rings is 2. The molecule has 1 atom stereocenters. The molecule has 0 saturated heterocycles. The monoisotopic (exact) mass is 365 g/mol. The lowest BCUT2D eigenvalue weighted by molar-refractivity contribution is 0.414. The zero-order valence-corrected chi connectivity index (χ0v) is 15.2. The van der Waals surface area contributed by atoms with E-state index in [0.717, 1.165) is 29.0 Å². The highest BCUT2D eigenvalue weighted by Gasteiger charge is 2.30. The number of nitrogens with one attached hydrogen (secondary N) is 1. The third-order valence-electron chi connectivity index (χ3n) is 5.00. The maximum atomic E-state index is 14.4. The SMILES string of the molecule is COc1ccc(Nc2nc(=O)c(F)c3n2C(c2ccccc2)CC3)c(C)c1. The minimum atomic E-state index is -0.830. The van der Waals surface area contributed by atoms with Crippen LogP contribution in [0.4, 0.5) is 16.0 Å². The van der Waals surface area contributed by atoms with Crippen molar-refractivity contribution in [3.63, 3.8) is 0 Å². The second-order valence-electron chi connectivity index (χ2n) is 6.64. The number of anilines is 2. The Kier molecular flexibility index (Phi) is 4.39. The molecule has 2 heterocycles. The highest BCUT2D eigenvalue weighted by Crippen LogP contribution is 2.35. The maximum Gasteiger partial charge on any atom is 0.310 e. The molecule has 6 heteroatoms. The molecule has 0 aliphatic carbocycles. The molecule has 1 aliphatic rings. The van der Waals surface area contributed by atoms with Crippen LogP contribution in [-0.4, -0.2) is 16.7 Å². The van der Waals surface area contributed by atoms with Gasteiger partial charge in [-0.15, -0.1) is 0 Å². The van der Waals surface area contributed by atoms with Gasteiger partial charge in [0.1, 0.15) is 5.75 Å². The van der Waals surface area contributed by atoms with Gasteiger partial charge in [0.05, 0.1) is 18.8 Å². The number of aromatic nitrogens is 2. The molecule has 0 spiro atoms. The number of halogens is 1. The zero-order chi connectivity index (χ0) is 19.0. The van der Waals surface area contributed by atoms with Gasteiger partial charge in [-0.1, -0.05) is 30.3 Å². The summed E-state index contributed by atoms with van der Waals surface area (Å²) in [5.41, 5.74) is 2.37. The van der Waals surface area contributed by atoms with Gasteiger partial charge < -0.3 is 14.6 Å². The summed E-state index contributed by atoms with van der Waals surface area (Å²) in [6.07, 6.45) is 1.22. The average Bonchev–Trinajstić information content (AvgIpc) is 3.13. The van der Waals surface area contributed by atoms with E-state index in [2.05, 4.69) is 10.3 Å². The van der Waals surface area contributed by atoms with Gasteiger partial charge in [-0.05, 0) is 49.1 Å². The fraction of sp³-hybridized carbons (Fsp3) is 0.238. The lowest BCUT2D eigenvalue weighted by Crippen LogP contribution is -2.23. The predicted octanol–water partition coefficient (Wildman–Crippen LogP) is 3.98. The molecular weight excluding hydrogens is 345 g/mol. The van der Waals surface area contributed by atoms with E-state index in [1.54, 1.807) is 7.11 Å². The normalized spacial score (nSPS) is 15.4. The summed E-state index contributed by atoms with van der Waals surface area (Å²) in [6, 6.07) is 15.4. The fourth-order valence-corrected chi connectivity index (χ4v) is 3.63. The highest BCUT2D eigenvalue weighted by atomic mass is 19.1. The van der Waals surface area contributed by atoms with E-state index in [1.165, 1.54) is 0 Å². The number of nitrogens with zero attached hydrogens (tertiary/aromatic N) is 2. The summed E-state index contributed by atoms with van der Waals surface area (Å²) in [4.78, 5) is 16.0. The van der Waals surface area contributed by atoms with Crippen molar-refractivity contribution in [2.24, 2.45) is 0 Å². The first-order chi connectivity index (χ1) is 13.1. The van der Waals surface area contributed by atoms with Gasteiger partial charge in [0.2, 0.25) is 11.8 Å². The Morgan fingerprint density at radius 3 is 2.70 bits per heavy atom. The van der Waals surface area contributed by atoms with E-state index in [0.29, 0.717) is 18.1 Å². The third-order valence-corrected chi connectivity index (χ3v) is 5.00. The van der Waals surface area contributed by atoms with Crippen LogP contribution in [0.5, 0.6) is 5.75 Å². The number of fused-ring (bicyclic) bond motifs is 1. The Bertz CT molecular complexity index is 1050. The number of ether oxygens (including phenoxy) is 1. The molecule has 0 amide bonds. The zero-order valence-electron chi connectivity index (χ0n) is 15.2. The molecule has 0 bridgehead atoms. The largest absolute Gasteiger partial charge is 0.497 e. The van der Waals surface area contributed by atoms with E-state index < -0.39 is 11.4 Å². The molecule has 138 valence electrons. The molecule has 4 rings (SSSR count). The van der Waals surface area contributed by atoms with Gasteiger partial charge >= 0.3 is 5.56 Å². The minimum absolute atomic E-state index is 0.0649. The Morgan fingerprint density at radius 1 is 1.22 bits per heavy atom. The van der Waals surface area contributed by atoms with E-state index >= 15 is 0 Å². The Hall–Kier alpha value is -3.15. The molecule has 1 aromatic heterocycles. The van der Waals surface area contributed by atoms with Crippen LogP contribution in [0, 0.1) is 12.7 Å².